The lowest BCUT2D eigenvalue weighted by molar-refractivity contribution is 0.0604. The molecular weight excluding hydrogens is 483 g/mol. The monoisotopic (exact) mass is 506 g/mol. The summed E-state index contributed by atoms with van der Waals surface area (Å²) in [6.07, 6.45) is 4.16. The van der Waals surface area contributed by atoms with Crippen LogP contribution in [0.25, 0.3) is 11.3 Å². The third-order valence-corrected chi connectivity index (χ3v) is 6.47. The van der Waals surface area contributed by atoms with Crippen LogP contribution in [0, 0.1) is 18.3 Å². The Balaban J connectivity index is 1.19. The number of carbonyl (C=O) groups is 1. The number of halogens is 1. The molecule has 5 heterocycles. The third-order valence-electron chi connectivity index (χ3n) is 6.47. The van der Waals surface area contributed by atoms with Crippen LogP contribution in [-0.2, 0) is 9.47 Å². The molecule has 37 heavy (non-hydrogen) atoms. The van der Waals surface area contributed by atoms with E-state index in [1.165, 1.54) is 0 Å². The fourth-order valence-electron chi connectivity index (χ4n) is 4.17. The normalized spacial score (nSPS) is 22.1. The Hall–Kier alpha value is -4.51. The number of hydrogen-bond donors (Lipinski definition) is 3. The molecule has 4 aromatic heterocycles. The molecule has 2 aliphatic rings. The van der Waals surface area contributed by atoms with E-state index in [-0.39, 0.29) is 17.8 Å². The number of ether oxygens (including phenoxy) is 2. The van der Waals surface area contributed by atoms with Gasteiger partial charge in [0.05, 0.1) is 36.7 Å². The van der Waals surface area contributed by atoms with Crippen LogP contribution in [0.15, 0.2) is 31.0 Å². The van der Waals surface area contributed by atoms with Crippen LogP contribution in [0.4, 0.5) is 21.0 Å². The SMILES string of the molecule is Cc1cn(-c2cnc(Nc3cc(C4OCC(OC(=O)NC5(C)CC5)C4F)[nH]n3)n3cc(C#N)nc23)cn1. The van der Waals surface area contributed by atoms with E-state index in [2.05, 4.69) is 35.8 Å². The van der Waals surface area contributed by atoms with E-state index in [0.717, 1.165) is 18.5 Å². The van der Waals surface area contributed by atoms with Crippen LogP contribution >= 0.6 is 0 Å². The number of alkyl carbamates (subject to hydrolysis) is 1. The van der Waals surface area contributed by atoms with Crippen molar-refractivity contribution in [3.63, 3.8) is 0 Å². The molecule has 3 N–H and O–H groups in total. The number of anilines is 2. The number of aromatic nitrogens is 7. The second-order valence-electron chi connectivity index (χ2n) is 9.48. The summed E-state index contributed by atoms with van der Waals surface area (Å²) >= 11 is 0. The lowest BCUT2D eigenvalue weighted by atomic mass is 10.1. The zero-order chi connectivity index (χ0) is 25.7. The number of fused-ring (bicyclic) bond motifs is 1. The number of imidazole rings is 2. The number of H-pyrrole nitrogens is 1. The van der Waals surface area contributed by atoms with Crippen molar-refractivity contribution in [2.24, 2.45) is 0 Å². The quantitative estimate of drug-likeness (QED) is 0.357. The first-order valence-corrected chi connectivity index (χ1v) is 11.7. The molecule has 1 saturated carbocycles. The molecule has 1 saturated heterocycles. The molecule has 3 atom stereocenters. The molecule has 6 rings (SSSR count). The van der Waals surface area contributed by atoms with Gasteiger partial charge in [-0.25, -0.2) is 24.1 Å². The van der Waals surface area contributed by atoms with Crippen molar-refractivity contribution in [3.8, 4) is 11.8 Å². The maximum Gasteiger partial charge on any atom is 0.408 e. The fourth-order valence-corrected chi connectivity index (χ4v) is 4.17. The molecule has 0 bridgehead atoms. The average Bonchev–Trinajstić information content (AvgIpc) is 3.36. The molecule has 1 aliphatic carbocycles. The van der Waals surface area contributed by atoms with E-state index < -0.39 is 24.5 Å². The van der Waals surface area contributed by atoms with Gasteiger partial charge < -0.3 is 24.7 Å². The number of nitrogens with zero attached hydrogens (tertiary/aromatic N) is 7. The molecule has 2 fully saturated rings. The minimum atomic E-state index is -1.57. The summed E-state index contributed by atoms with van der Waals surface area (Å²) in [5, 5.41) is 22.2. The number of nitriles is 1. The first-order valence-electron chi connectivity index (χ1n) is 11.7. The molecule has 14 heteroatoms. The lowest BCUT2D eigenvalue weighted by Gasteiger charge is -2.17. The Kier molecular flexibility index (Phi) is 5.30. The van der Waals surface area contributed by atoms with Crippen molar-refractivity contribution in [3.05, 3.63) is 48.1 Å². The van der Waals surface area contributed by atoms with Gasteiger partial charge in [0, 0.05) is 17.8 Å². The van der Waals surface area contributed by atoms with Crippen molar-refractivity contribution >= 4 is 23.5 Å². The van der Waals surface area contributed by atoms with E-state index in [4.69, 9.17) is 9.47 Å². The predicted octanol–water partition coefficient (Wildman–Crippen LogP) is 2.62. The van der Waals surface area contributed by atoms with Crippen LogP contribution in [0.1, 0.15) is 43.0 Å². The van der Waals surface area contributed by atoms with Gasteiger partial charge in [-0.15, -0.1) is 0 Å². The molecule has 0 spiro atoms. The van der Waals surface area contributed by atoms with E-state index in [1.54, 1.807) is 33.8 Å². The number of rotatable bonds is 6. The summed E-state index contributed by atoms with van der Waals surface area (Å²) in [5.74, 6) is 0.694. The standard InChI is InChI=1S/C23H23FN10O3/c1-12-8-33(11-27-12)15-7-26-21(34-9-13(6-25)28-20(15)34)29-17-5-14(31-32-17)19-18(24)16(10-36-19)37-22(35)30-23(2)3-4-23/h5,7-9,11,16,18-19H,3-4,10H2,1-2H3,(H,30,35)(H2,26,29,31,32). The molecule has 4 aromatic rings. The first kappa shape index (κ1) is 22.9. The molecular formula is C23H23FN10O3. The maximum absolute atomic E-state index is 15.1. The van der Waals surface area contributed by atoms with Crippen molar-refractivity contribution < 1.29 is 18.7 Å². The largest absolute Gasteiger partial charge is 0.441 e. The Labute approximate surface area is 209 Å². The summed E-state index contributed by atoms with van der Waals surface area (Å²) in [5.41, 5.74) is 2.28. The summed E-state index contributed by atoms with van der Waals surface area (Å²) in [4.78, 5) is 25.2. The molecule has 0 radical (unpaired) electrons. The highest BCUT2D eigenvalue weighted by Crippen LogP contribution is 2.36. The highest BCUT2D eigenvalue weighted by molar-refractivity contribution is 5.69. The van der Waals surface area contributed by atoms with Gasteiger partial charge in [0.1, 0.15) is 17.9 Å². The van der Waals surface area contributed by atoms with Crippen LogP contribution in [0.5, 0.6) is 0 Å². The number of alkyl halides is 1. The first-order chi connectivity index (χ1) is 17.8. The molecule has 0 aromatic carbocycles. The summed E-state index contributed by atoms with van der Waals surface area (Å²) in [7, 11) is 0. The van der Waals surface area contributed by atoms with Gasteiger partial charge in [-0.2, -0.15) is 10.4 Å². The fraction of sp³-hybridized carbons (Fsp3) is 0.391. The lowest BCUT2D eigenvalue weighted by Crippen LogP contribution is -2.39. The number of aromatic amines is 1. The number of nitrogens with one attached hydrogen (secondary N) is 3. The van der Waals surface area contributed by atoms with Crippen molar-refractivity contribution in [1.29, 1.82) is 5.26 Å². The van der Waals surface area contributed by atoms with Gasteiger partial charge in [-0.05, 0) is 26.7 Å². The van der Waals surface area contributed by atoms with Gasteiger partial charge in [-0.3, -0.25) is 9.50 Å². The number of carbonyl (C=O) groups excluding carboxylic acids is 1. The zero-order valence-electron chi connectivity index (χ0n) is 20.0. The Morgan fingerprint density at radius 3 is 2.95 bits per heavy atom. The molecule has 190 valence electrons. The molecule has 3 unspecified atom stereocenters. The van der Waals surface area contributed by atoms with Gasteiger partial charge in [0.15, 0.2) is 29.4 Å². The third kappa shape index (κ3) is 4.33. The van der Waals surface area contributed by atoms with Crippen LogP contribution in [0.2, 0.25) is 0 Å². The van der Waals surface area contributed by atoms with E-state index >= 15 is 4.39 Å². The topological polar surface area (TPSA) is 160 Å². The van der Waals surface area contributed by atoms with Crippen molar-refractivity contribution in [2.75, 3.05) is 11.9 Å². The molecule has 13 nitrogen and oxygen atoms in total. The van der Waals surface area contributed by atoms with Crippen LogP contribution < -0.4 is 10.6 Å². The number of hydrogen-bond acceptors (Lipinski definition) is 9. The van der Waals surface area contributed by atoms with Gasteiger partial charge in [-0.1, -0.05) is 0 Å². The minimum absolute atomic E-state index is 0.0684. The van der Waals surface area contributed by atoms with E-state index in [9.17, 15) is 10.1 Å². The second-order valence-corrected chi connectivity index (χ2v) is 9.48. The van der Waals surface area contributed by atoms with Crippen molar-refractivity contribution in [2.45, 2.75) is 50.6 Å². The number of amides is 1. The Morgan fingerprint density at radius 1 is 1.38 bits per heavy atom. The van der Waals surface area contributed by atoms with Crippen molar-refractivity contribution in [1.82, 2.24) is 39.4 Å². The Bertz CT molecular complexity index is 1530. The van der Waals surface area contributed by atoms with Crippen LogP contribution in [0.3, 0.4) is 0 Å². The Morgan fingerprint density at radius 2 is 2.22 bits per heavy atom. The highest BCUT2D eigenvalue weighted by atomic mass is 19.1. The van der Waals surface area contributed by atoms with Crippen LogP contribution in [-0.4, -0.2) is 64.6 Å². The van der Waals surface area contributed by atoms with Gasteiger partial charge in [0.2, 0.25) is 5.95 Å². The van der Waals surface area contributed by atoms with E-state index in [1.807, 2.05) is 26.1 Å². The summed E-state index contributed by atoms with van der Waals surface area (Å²) in [6, 6.07) is 3.63. The number of aryl methyl sites for hydroxylation is 1. The van der Waals surface area contributed by atoms with Gasteiger partial charge in [0.25, 0.3) is 0 Å². The highest BCUT2D eigenvalue weighted by Gasteiger charge is 2.44. The molecule has 1 aliphatic heterocycles. The van der Waals surface area contributed by atoms with E-state index in [0.29, 0.717) is 28.8 Å². The maximum atomic E-state index is 15.1. The summed E-state index contributed by atoms with van der Waals surface area (Å²) in [6.45, 7) is 3.71. The smallest absolute Gasteiger partial charge is 0.408 e. The van der Waals surface area contributed by atoms with Gasteiger partial charge >= 0.3 is 6.09 Å². The second kappa shape index (κ2) is 8.56. The molecule has 1 amide bonds. The minimum Gasteiger partial charge on any atom is -0.441 e. The zero-order valence-corrected chi connectivity index (χ0v) is 20.0. The predicted molar refractivity (Wildman–Crippen MR) is 126 cm³/mol. The average molecular weight is 507 g/mol. The summed E-state index contributed by atoms with van der Waals surface area (Å²) < 4.78 is 29.3.